The first-order valence-electron chi connectivity index (χ1n) is 9.17. The summed E-state index contributed by atoms with van der Waals surface area (Å²) in [7, 11) is 1.57. The standard InChI is InChI=1S/C22H28N2O3/c1-16-10-11-20(14-17(16)2)27-15-21(25)24(18(3)22(26)23-4)13-12-19-8-6-5-7-9-19/h5-11,14,18H,12-13,15H2,1-4H3,(H,23,26)/t18-/m1/s1. The van der Waals surface area contributed by atoms with Crippen molar-refractivity contribution >= 4 is 11.8 Å². The van der Waals surface area contributed by atoms with Crippen LogP contribution < -0.4 is 10.1 Å². The number of ether oxygens (including phenoxy) is 1. The number of amides is 2. The quantitative estimate of drug-likeness (QED) is 0.779. The number of hydrogen-bond acceptors (Lipinski definition) is 3. The summed E-state index contributed by atoms with van der Waals surface area (Å²) in [5.74, 6) is 0.255. The molecule has 0 aliphatic heterocycles. The Labute approximate surface area is 161 Å². The molecule has 2 rings (SSSR count). The Hall–Kier alpha value is -2.82. The molecule has 0 aromatic heterocycles. The van der Waals surface area contributed by atoms with Crippen LogP contribution in [-0.2, 0) is 16.0 Å². The molecule has 0 saturated heterocycles. The van der Waals surface area contributed by atoms with Gasteiger partial charge in [0.15, 0.2) is 6.61 Å². The first-order chi connectivity index (χ1) is 12.9. The topological polar surface area (TPSA) is 58.6 Å². The van der Waals surface area contributed by atoms with Gasteiger partial charge in [-0.25, -0.2) is 0 Å². The Morgan fingerprint density at radius 3 is 2.41 bits per heavy atom. The average Bonchev–Trinajstić information content (AvgIpc) is 2.69. The maximum absolute atomic E-state index is 12.8. The van der Waals surface area contributed by atoms with E-state index in [9.17, 15) is 9.59 Å². The van der Waals surface area contributed by atoms with Gasteiger partial charge in [0, 0.05) is 13.6 Å². The summed E-state index contributed by atoms with van der Waals surface area (Å²) in [5, 5.41) is 2.61. The van der Waals surface area contributed by atoms with Gasteiger partial charge in [0.2, 0.25) is 5.91 Å². The van der Waals surface area contributed by atoms with Gasteiger partial charge in [-0.15, -0.1) is 0 Å². The van der Waals surface area contributed by atoms with E-state index in [0.29, 0.717) is 18.7 Å². The van der Waals surface area contributed by atoms with E-state index >= 15 is 0 Å². The highest BCUT2D eigenvalue weighted by Gasteiger charge is 2.25. The minimum absolute atomic E-state index is 0.0986. The van der Waals surface area contributed by atoms with Gasteiger partial charge in [-0.2, -0.15) is 0 Å². The van der Waals surface area contributed by atoms with Crippen molar-refractivity contribution in [3.63, 3.8) is 0 Å². The fourth-order valence-corrected chi connectivity index (χ4v) is 2.81. The molecule has 2 aromatic carbocycles. The molecule has 0 spiro atoms. The van der Waals surface area contributed by atoms with Gasteiger partial charge in [-0.1, -0.05) is 36.4 Å². The minimum Gasteiger partial charge on any atom is -0.484 e. The van der Waals surface area contributed by atoms with Crippen molar-refractivity contribution in [2.45, 2.75) is 33.2 Å². The first kappa shape index (κ1) is 20.5. The second-order valence-corrected chi connectivity index (χ2v) is 6.65. The fourth-order valence-electron chi connectivity index (χ4n) is 2.81. The Morgan fingerprint density at radius 2 is 1.78 bits per heavy atom. The van der Waals surface area contributed by atoms with Crippen LogP contribution in [0.4, 0.5) is 0 Å². The lowest BCUT2D eigenvalue weighted by atomic mass is 10.1. The SMILES string of the molecule is CNC(=O)[C@@H](C)N(CCc1ccccc1)C(=O)COc1ccc(C)c(C)c1. The molecule has 2 amide bonds. The van der Waals surface area contributed by atoms with Gasteiger partial charge < -0.3 is 15.0 Å². The summed E-state index contributed by atoms with van der Waals surface area (Å²) in [6.45, 7) is 6.12. The van der Waals surface area contributed by atoms with E-state index in [1.807, 2.05) is 62.4 Å². The van der Waals surface area contributed by atoms with E-state index in [2.05, 4.69) is 5.32 Å². The van der Waals surface area contributed by atoms with Crippen LogP contribution >= 0.6 is 0 Å². The van der Waals surface area contributed by atoms with Gasteiger partial charge in [0.1, 0.15) is 11.8 Å². The third-order valence-electron chi connectivity index (χ3n) is 4.74. The van der Waals surface area contributed by atoms with E-state index in [1.54, 1.807) is 18.9 Å². The molecule has 0 heterocycles. The Morgan fingerprint density at radius 1 is 1.07 bits per heavy atom. The molecule has 5 nitrogen and oxygen atoms in total. The number of likely N-dealkylation sites (N-methyl/N-ethyl adjacent to an activating group) is 1. The van der Waals surface area contributed by atoms with E-state index in [1.165, 1.54) is 5.56 Å². The van der Waals surface area contributed by atoms with Crippen LogP contribution in [0, 0.1) is 13.8 Å². The highest BCUT2D eigenvalue weighted by molar-refractivity contribution is 5.87. The number of rotatable bonds is 8. The van der Waals surface area contributed by atoms with Crippen LogP contribution in [0.15, 0.2) is 48.5 Å². The average molecular weight is 368 g/mol. The van der Waals surface area contributed by atoms with Crippen molar-refractivity contribution in [2.24, 2.45) is 0 Å². The molecule has 2 aromatic rings. The van der Waals surface area contributed by atoms with Gasteiger partial charge in [-0.05, 0) is 56.0 Å². The van der Waals surface area contributed by atoms with Crippen molar-refractivity contribution in [3.05, 3.63) is 65.2 Å². The molecule has 0 aliphatic carbocycles. The number of hydrogen-bond donors (Lipinski definition) is 1. The number of benzene rings is 2. The molecular formula is C22H28N2O3. The molecule has 144 valence electrons. The zero-order chi connectivity index (χ0) is 19.8. The van der Waals surface area contributed by atoms with Gasteiger partial charge in [-0.3, -0.25) is 9.59 Å². The van der Waals surface area contributed by atoms with Gasteiger partial charge >= 0.3 is 0 Å². The molecule has 0 fully saturated rings. The molecule has 1 atom stereocenters. The lowest BCUT2D eigenvalue weighted by Crippen LogP contribution is -2.49. The van der Waals surface area contributed by atoms with E-state index in [0.717, 1.165) is 11.1 Å². The predicted molar refractivity (Wildman–Crippen MR) is 107 cm³/mol. The van der Waals surface area contributed by atoms with Crippen molar-refractivity contribution in [2.75, 3.05) is 20.2 Å². The molecule has 0 saturated carbocycles. The van der Waals surface area contributed by atoms with Crippen molar-refractivity contribution < 1.29 is 14.3 Å². The Balaban J connectivity index is 2.04. The van der Waals surface area contributed by atoms with Crippen LogP contribution in [0.2, 0.25) is 0 Å². The Bertz CT molecular complexity index is 774. The van der Waals surface area contributed by atoms with Gasteiger partial charge in [0.25, 0.3) is 5.91 Å². The fraction of sp³-hybridized carbons (Fsp3) is 0.364. The van der Waals surface area contributed by atoms with Crippen LogP contribution in [0.25, 0.3) is 0 Å². The summed E-state index contributed by atoms with van der Waals surface area (Å²) in [5.41, 5.74) is 3.40. The monoisotopic (exact) mass is 368 g/mol. The molecule has 5 heteroatoms. The minimum atomic E-state index is -0.561. The molecule has 27 heavy (non-hydrogen) atoms. The largest absolute Gasteiger partial charge is 0.484 e. The zero-order valence-corrected chi connectivity index (χ0v) is 16.5. The number of nitrogens with zero attached hydrogens (tertiary/aromatic N) is 1. The first-order valence-corrected chi connectivity index (χ1v) is 9.17. The normalized spacial score (nSPS) is 11.6. The van der Waals surface area contributed by atoms with Crippen LogP contribution in [-0.4, -0.2) is 43.0 Å². The number of nitrogens with one attached hydrogen (secondary N) is 1. The smallest absolute Gasteiger partial charge is 0.261 e. The molecule has 0 unspecified atom stereocenters. The summed E-state index contributed by atoms with van der Waals surface area (Å²) < 4.78 is 5.68. The molecular weight excluding hydrogens is 340 g/mol. The highest BCUT2D eigenvalue weighted by Crippen LogP contribution is 2.16. The van der Waals surface area contributed by atoms with Crippen molar-refractivity contribution in [1.82, 2.24) is 10.2 Å². The summed E-state index contributed by atoms with van der Waals surface area (Å²) >= 11 is 0. The van der Waals surface area contributed by atoms with Crippen molar-refractivity contribution in [1.29, 1.82) is 0 Å². The molecule has 0 bridgehead atoms. The maximum Gasteiger partial charge on any atom is 0.261 e. The summed E-state index contributed by atoms with van der Waals surface area (Å²) in [6, 6.07) is 15.1. The van der Waals surface area contributed by atoms with Crippen LogP contribution in [0.3, 0.4) is 0 Å². The second-order valence-electron chi connectivity index (χ2n) is 6.65. The molecule has 0 aliphatic rings. The summed E-state index contributed by atoms with van der Waals surface area (Å²) in [6.07, 6.45) is 0.678. The van der Waals surface area contributed by atoms with Crippen molar-refractivity contribution in [3.8, 4) is 5.75 Å². The lowest BCUT2D eigenvalue weighted by molar-refractivity contribution is -0.141. The predicted octanol–water partition coefficient (Wildman–Crippen LogP) is 2.89. The van der Waals surface area contributed by atoms with E-state index in [4.69, 9.17) is 4.74 Å². The molecule has 0 radical (unpaired) electrons. The third-order valence-corrected chi connectivity index (χ3v) is 4.74. The van der Waals surface area contributed by atoms with Crippen LogP contribution in [0.1, 0.15) is 23.6 Å². The van der Waals surface area contributed by atoms with Gasteiger partial charge in [0.05, 0.1) is 0 Å². The highest BCUT2D eigenvalue weighted by atomic mass is 16.5. The second kappa shape index (κ2) is 9.76. The number of carbonyl (C=O) groups is 2. The zero-order valence-electron chi connectivity index (χ0n) is 16.5. The van der Waals surface area contributed by atoms with Crippen LogP contribution in [0.5, 0.6) is 5.75 Å². The third kappa shape index (κ3) is 5.84. The van der Waals surface area contributed by atoms with E-state index < -0.39 is 6.04 Å². The lowest BCUT2D eigenvalue weighted by Gasteiger charge is -2.28. The molecule has 1 N–H and O–H groups in total. The Kier molecular flexibility index (Phi) is 7.41. The van der Waals surface area contributed by atoms with E-state index in [-0.39, 0.29) is 18.4 Å². The number of aryl methyl sites for hydroxylation is 2. The number of carbonyl (C=O) groups excluding carboxylic acids is 2. The maximum atomic E-state index is 12.8. The summed E-state index contributed by atoms with van der Waals surface area (Å²) in [4.78, 5) is 26.4.